The highest BCUT2D eigenvalue weighted by atomic mass is 35.5. The lowest BCUT2D eigenvalue weighted by Crippen LogP contribution is -2.48. The quantitative estimate of drug-likeness (QED) is 0.818. The van der Waals surface area contributed by atoms with Crippen molar-refractivity contribution in [3.8, 4) is 11.5 Å². The van der Waals surface area contributed by atoms with Crippen LogP contribution in [-0.2, 0) is 9.53 Å². The van der Waals surface area contributed by atoms with Crippen LogP contribution >= 0.6 is 11.6 Å². The van der Waals surface area contributed by atoms with E-state index in [2.05, 4.69) is 5.32 Å². The lowest BCUT2D eigenvalue weighted by Gasteiger charge is -2.36. The van der Waals surface area contributed by atoms with Crippen molar-refractivity contribution in [2.45, 2.75) is 19.1 Å². The summed E-state index contributed by atoms with van der Waals surface area (Å²) in [4.78, 5) is 14.8. The maximum atomic E-state index is 13.4. The molecule has 1 fully saturated rings. The number of nitrogens with one attached hydrogen (secondary N) is 1. The van der Waals surface area contributed by atoms with Gasteiger partial charge in [0, 0.05) is 24.8 Å². The number of morpholine rings is 1. The van der Waals surface area contributed by atoms with Gasteiger partial charge in [-0.2, -0.15) is 0 Å². The van der Waals surface area contributed by atoms with E-state index in [1.165, 1.54) is 6.07 Å². The van der Waals surface area contributed by atoms with Crippen LogP contribution in [0.2, 0.25) is 5.02 Å². The van der Waals surface area contributed by atoms with Gasteiger partial charge in [-0.05, 0) is 36.8 Å². The average Bonchev–Trinajstić information content (AvgIpc) is 2.75. The molecule has 2 aliphatic heterocycles. The van der Waals surface area contributed by atoms with Crippen LogP contribution in [0.4, 0.5) is 10.1 Å². The van der Waals surface area contributed by atoms with Crippen molar-refractivity contribution in [3.63, 3.8) is 0 Å². The Kier molecular flexibility index (Phi) is 5.89. The SMILES string of the molecule is CC(C(=O)Nc1ccc2c(c1)OCCO2)N1CCOC(c2ccc(F)c(Cl)c2)C1. The molecule has 2 unspecified atom stereocenters. The number of carbonyl (C=O) groups excluding carboxylic acids is 1. The zero-order valence-electron chi connectivity index (χ0n) is 16.0. The lowest BCUT2D eigenvalue weighted by atomic mass is 10.1. The second-order valence-corrected chi connectivity index (χ2v) is 7.46. The number of carbonyl (C=O) groups is 1. The van der Waals surface area contributed by atoms with Gasteiger partial charge in [-0.25, -0.2) is 4.39 Å². The molecule has 6 nitrogen and oxygen atoms in total. The van der Waals surface area contributed by atoms with Crippen molar-refractivity contribution >= 4 is 23.2 Å². The number of ether oxygens (including phenoxy) is 3. The van der Waals surface area contributed by atoms with Gasteiger partial charge in [0.2, 0.25) is 5.91 Å². The molecule has 2 aliphatic rings. The molecule has 4 rings (SSSR count). The normalized spacial score (nSPS) is 20.2. The molecule has 0 aromatic heterocycles. The fourth-order valence-electron chi connectivity index (χ4n) is 3.47. The summed E-state index contributed by atoms with van der Waals surface area (Å²) in [6.07, 6.45) is -0.272. The molecule has 8 heteroatoms. The molecule has 0 bridgehead atoms. The third-order valence-electron chi connectivity index (χ3n) is 5.15. The molecule has 0 radical (unpaired) electrons. The summed E-state index contributed by atoms with van der Waals surface area (Å²) in [6.45, 7) is 4.48. The zero-order valence-corrected chi connectivity index (χ0v) is 16.7. The van der Waals surface area contributed by atoms with Crippen molar-refractivity contribution < 1.29 is 23.4 Å². The largest absolute Gasteiger partial charge is 0.486 e. The van der Waals surface area contributed by atoms with E-state index in [4.69, 9.17) is 25.8 Å². The molecule has 29 heavy (non-hydrogen) atoms. The van der Waals surface area contributed by atoms with Gasteiger partial charge in [-0.15, -0.1) is 0 Å². The van der Waals surface area contributed by atoms with Gasteiger partial charge in [-0.1, -0.05) is 17.7 Å². The van der Waals surface area contributed by atoms with Crippen molar-refractivity contribution in [1.82, 2.24) is 4.90 Å². The first-order valence-electron chi connectivity index (χ1n) is 9.52. The molecule has 1 saturated heterocycles. The molecule has 1 amide bonds. The molecule has 154 valence electrons. The number of hydrogen-bond acceptors (Lipinski definition) is 5. The molecule has 2 heterocycles. The Morgan fingerprint density at radius 1 is 1.17 bits per heavy atom. The Bertz CT molecular complexity index is 910. The summed E-state index contributed by atoms with van der Waals surface area (Å²) >= 11 is 5.90. The third kappa shape index (κ3) is 4.47. The predicted molar refractivity (Wildman–Crippen MR) is 107 cm³/mol. The molecule has 2 atom stereocenters. The Labute approximate surface area is 173 Å². The first-order chi connectivity index (χ1) is 14.0. The fourth-order valence-corrected chi connectivity index (χ4v) is 3.66. The molecular weight excluding hydrogens is 399 g/mol. The summed E-state index contributed by atoms with van der Waals surface area (Å²) < 4.78 is 30.3. The van der Waals surface area contributed by atoms with Gasteiger partial charge in [0.15, 0.2) is 11.5 Å². The number of benzene rings is 2. The van der Waals surface area contributed by atoms with Gasteiger partial charge in [0.25, 0.3) is 0 Å². The number of halogens is 2. The van der Waals surface area contributed by atoms with Crippen LogP contribution in [0.5, 0.6) is 11.5 Å². The van der Waals surface area contributed by atoms with Crippen LogP contribution in [0.25, 0.3) is 0 Å². The topological polar surface area (TPSA) is 60.0 Å². The van der Waals surface area contributed by atoms with E-state index in [0.717, 1.165) is 5.56 Å². The minimum atomic E-state index is -0.463. The monoisotopic (exact) mass is 420 g/mol. The minimum Gasteiger partial charge on any atom is -0.486 e. The molecule has 2 aromatic rings. The maximum Gasteiger partial charge on any atom is 0.241 e. The van der Waals surface area contributed by atoms with E-state index in [0.29, 0.717) is 50.1 Å². The second-order valence-electron chi connectivity index (χ2n) is 7.05. The second kappa shape index (κ2) is 8.57. The number of amides is 1. The van der Waals surface area contributed by atoms with Crippen molar-refractivity contribution in [2.24, 2.45) is 0 Å². The molecule has 1 N–H and O–H groups in total. The Morgan fingerprint density at radius 2 is 1.97 bits per heavy atom. The number of nitrogens with zero attached hydrogens (tertiary/aromatic N) is 1. The number of anilines is 1. The molecule has 0 saturated carbocycles. The van der Waals surface area contributed by atoms with Gasteiger partial charge < -0.3 is 19.5 Å². The van der Waals surface area contributed by atoms with E-state index in [9.17, 15) is 9.18 Å². The summed E-state index contributed by atoms with van der Waals surface area (Å²) in [5.41, 5.74) is 1.45. The van der Waals surface area contributed by atoms with Crippen LogP contribution in [0.1, 0.15) is 18.6 Å². The van der Waals surface area contributed by atoms with E-state index in [1.54, 1.807) is 30.3 Å². The Balaban J connectivity index is 1.41. The minimum absolute atomic E-state index is 0.0626. The summed E-state index contributed by atoms with van der Waals surface area (Å²) in [7, 11) is 0. The van der Waals surface area contributed by atoms with E-state index in [-0.39, 0.29) is 23.1 Å². The fraction of sp³-hybridized carbons (Fsp3) is 0.381. The summed E-state index contributed by atoms with van der Waals surface area (Å²) in [5, 5.41) is 3.00. The van der Waals surface area contributed by atoms with Gasteiger partial charge in [0.05, 0.1) is 23.8 Å². The number of rotatable bonds is 4. The predicted octanol–water partition coefficient (Wildman–Crippen LogP) is 3.65. The van der Waals surface area contributed by atoms with Crippen molar-refractivity contribution in [1.29, 1.82) is 0 Å². The first kappa shape index (κ1) is 19.9. The lowest BCUT2D eigenvalue weighted by molar-refractivity contribution is -0.124. The number of fused-ring (bicyclic) bond motifs is 1. The van der Waals surface area contributed by atoms with Gasteiger partial charge >= 0.3 is 0 Å². The average molecular weight is 421 g/mol. The summed E-state index contributed by atoms with van der Waals surface area (Å²) in [5.74, 6) is 0.715. The van der Waals surface area contributed by atoms with Gasteiger partial charge in [0.1, 0.15) is 19.0 Å². The molecule has 2 aromatic carbocycles. The van der Waals surface area contributed by atoms with E-state index in [1.807, 2.05) is 11.8 Å². The standard InChI is InChI=1S/C21H22ClFN2O4/c1-13(21(26)24-15-3-5-18-19(11-15)29-9-8-28-18)25-6-7-27-20(12-25)14-2-4-17(23)16(22)10-14/h2-5,10-11,13,20H,6-9,12H2,1H3,(H,24,26). The van der Waals surface area contributed by atoms with Crippen LogP contribution in [0, 0.1) is 5.82 Å². The first-order valence-corrected chi connectivity index (χ1v) is 9.90. The van der Waals surface area contributed by atoms with Crippen LogP contribution in [0.3, 0.4) is 0 Å². The Morgan fingerprint density at radius 3 is 2.76 bits per heavy atom. The van der Waals surface area contributed by atoms with Crippen LogP contribution in [0.15, 0.2) is 36.4 Å². The highest BCUT2D eigenvalue weighted by molar-refractivity contribution is 6.30. The highest BCUT2D eigenvalue weighted by Gasteiger charge is 2.29. The van der Waals surface area contributed by atoms with E-state index < -0.39 is 5.82 Å². The molecule has 0 spiro atoms. The van der Waals surface area contributed by atoms with Crippen molar-refractivity contribution in [2.75, 3.05) is 38.2 Å². The third-order valence-corrected chi connectivity index (χ3v) is 5.44. The zero-order chi connectivity index (χ0) is 20.4. The smallest absolute Gasteiger partial charge is 0.241 e. The van der Waals surface area contributed by atoms with E-state index >= 15 is 0 Å². The Hall–Kier alpha value is -2.35. The van der Waals surface area contributed by atoms with Crippen molar-refractivity contribution in [3.05, 3.63) is 52.8 Å². The summed E-state index contributed by atoms with van der Waals surface area (Å²) in [6, 6.07) is 9.55. The molecular formula is C21H22ClFN2O4. The molecule has 0 aliphatic carbocycles. The van der Waals surface area contributed by atoms with Crippen LogP contribution < -0.4 is 14.8 Å². The van der Waals surface area contributed by atoms with Gasteiger partial charge in [-0.3, -0.25) is 9.69 Å². The highest BCUT2D eigenvalue weighted by Crippen LogP contribution is 2.33. The van der Waals surface area contributed by atoms with Crippen LogP contribution in [-0.4, -0.2) is 49.8 Å². The maximum absolute atomic E-state index is 13.4. The number of hydrogen-bond donors (Lipinski definition) is 1.